The predicted octanol–water partition coefficient (Wildman–Crippen LogP) is 4.51. The summed E-state index contributed by atoms with van der Waals surface area (Å²) in [5.41, 5.74) is 1.78. The molecule has 1 aromatic carbocycles. The lowest BCUT2D eigenvalue weighted by Crippen LogP contribution is -2.28. The summed E-state index contributed by atoms with van der Waals surface area (Å²) in [5, 5.41) is 6.22. The van der Waals surface area contributed by atoms with Crippen molar-refractivity contribution in [3.05, 3.63) is 73.5 Å². The quantitative estimate of drug-likeness (QED) is 0.343. The third kappa shape index (κ3) is 4.93. The highest BCUT2D eigenvalue weighted by Crippen LogP contribution is 2.33. The number of aromatic nitrogens is 2. The number of hydrogen-bond acceptors (Lipinski definition) is 8. The van der Waals surface area contributed by atoms with Crippen molar-refractivity contribution in [3.63, 3.8) is 0 Å². The molecule has 0 saturated carbocycles. The first-order chi connectivity index (χ1) is 17.2. The van der Waals surface area contributed by atoms with Crippen molar-refractivity contribution >= 4 is 61.4 Å². The fraction of sp³-hybridized carbons (Fsp3) is 0.240. The molecule has 0 spiro atoms. The highest BCUT2D eigenvalue weighted by atomic mass is 32.1. The average molecular weight is 525 g/mol. The van der Waals surface area contributed by atoms with Gasteiger partial charge >= 0.3 is 5.97 Å². The van der Waals surface area contributed by atoms with Gasteiger partial charge in [-0.2, -0.15) is 0 Å². The van der Waals surface area contributed by atoms with Crippen LogP contribution in [0.4, 0.5) is 10.7 Å². The normalized spacial score (nSPS) is 10.9. The molecule has 9 nitrogen and oxygen atoms in total. The smallest absolute Gasteiger partial charge is 0.341 e. The van der Waals surface area contributed by atoms with E-state index in [1.54, 1.807) is 32.9 Å². The van der Waals surface area contributed by atoms with Gasteiger partial charge in [-0.3, -0.25) is 19.0 Å². The molecule has 2 amide bonds. The van der Waals surface area contributed by atoms with Crippen LogP contribution in [0.25, 0.3) is 10.2 Å². The number of anilines is 2. The van der Waals surface area contributed by atoms with Gasteiger partial charge in [0.25, 0.3) is 11.5 Å². The molecular formula is C25H24N4O5S2. The summed E-state index contributed by atoms with van der Waals surface area (Å²) < 4.78 is 6.31. The Morgan fingerprint density at radius 1 is 1.03 bits per heavy atom. The fourth-order valence-electron chi connectivity index (χ4n) is 3.68. The summed E-state index contributed by atoms with van der Waals surface area (Å²) in [6.45, 7) is 6.96. The molecule has 0 saturated heterocycles. The maximum absolute atomic E-state index is 13.2. The van der Waals surface area contributed by atoms with Crippen LogP contribution in [0.3, 0.4) is 0 Å². The second-order valence-electron chi connectivity index (χ2n) is 7.99. The molecule has 36 heavy (non-hydrogen) atoms. The van der Waals surface area contributed by atoms with E-state index < -0.39 is 17.4 Å². The third-order valence-electron chi connectivity index (χ3n) is 5.59. The monoisotopic (exact) mass is 524 g/mol. The number of esters is 1. The summed E-state index contributed by atoms with van der Waals surface area (Å²) >= 11 is 2.39. The fourth-order valence-corrected chi connectivity index (χ4v) is 5.78. The molecule has 4 aromatic rings. The van der Waals surface area contributed by atoms with Crippen LogP contribution in [0, 0.1) is 20.8 Å². The van der Waals surface area contributed by atoms with E-state index in [-0.39, 0.29) is 19.1 Å². The molecule has 0 aliphatic rings. The molecule has 3 aromatic heterocycles. The van der Waals surface area contributed by atoms with Crippen molar-refractivity contribution in [2.24, 2.45) is 0 Å². The van der Waals surface area contributed by atoms with Crippen LogP contribution in [-0.2, 0) is 16.1 Å². The number of carbonyl (C=O) groups excluding carboxylic acids is 3. The Kier molecular flexibility index (Phi) is 7.32. The Morgan fingerprint density at radius 3 is 2.44 bits per heavy atom. The Labute approximate surface area is 214 Å². The minimum absolute atomic E-state index is 0.215. The van der Waals surface area contributed by atoms with Crippen molar-refractivity contribution in [1.82, 2.24) is 9.55 Å². The largest absolute Gasteiger partial charge is 0.462 e. The van der Waals surface area contributed by atoms with E-state index in [0.29, 0.717) is 36.9 Å². The first-order valence-electron chi connectivity index (χ1n) is 11.1. The number of aryl methyl sites for hydroxylation is 2. The van der Waals surface area contributed by atoms with Crippen LogP contribution < -0.4 is 16.2 Å². The van der Waals surface area contributed by atoms with Gasteiger partial charge in [-0.15, -0.1) is 22.7 Å². The SMILES string of the molecule is CCOC(=O)c1c(NC(=O)Cn2cnc3sc(C(=O)Nc4ccccc4)c(C)c3c2=O)sc(C)c1C. The van der Waals surface area contributed by atoms with Gasteiger partial charge < -0.3 is 15.4 Å². The highest BCUT2D eigenvalue weighted by molar-refractivity contribution is 7.20. The predicted molar refractivity (Wildman–Crippen MR) is 141 cm³/mol. The van der Waals surface area contributed by atoms with Gasteiger partial charge in [-0.05, 0) is 51.0 Å². The van der Waals surface area contributed by atoms with Gasteiger partial charge in [0.1, 0.15) is 16.4 Å². The van der Waals surface area contributed by atoms with Crippen LogP contribution in [0.1, 0.15) is 43.0 Å². The van der Waals surface area contributed by atoms with E-state index in [1.165, 1.54) is 22.2 Å². The number of rotatable bonds is 7. The molecule has 0 fully saturated rings. The number of amides is 2. The van der Waals surface area contributed by atoms with Crippen LogP contribution in [0.2, 0.25) is 0 Å². The Balaban J connectivity index is 1.58. The number of ether oxygens (including phenoxy) is 1. The number of thiophene rings is 2. The average Bonchev–Trinajstić information content (AvgIpc) is 3.32. The Hall–Kier alpha value is -3.83. The van der Waals surface area contributed by atoms with Crippen LogP contribution in [0.15, 0.2) is 41.5 Å². The van der Waals surface area contributed by atoms with Crippen LogP contribution >= 0.6 is 22.7 Å². The van der Waals surface area contributed by atoms with Gasteiger partial charge in [0, 0.05) is 10.6 Å². The molecule has 0 atom stereocenters. The number of nitrogens with one attached hydrogen (secondary N) is 2. The van der Waals surface area contributed by atoms with Gasteiger partial charge in [-0.25, -0.2) is 9.78 Å². The topological polar surface area (TPSA) is 119 Å². The van der Waals surface area contributed by atoms with E-state index >= 15 is 0 Å². The summed E-state index contributed by atoms with van der Waals surface area (Å²) in [5.74, 6) is -1.33. The van der Waals surface area contributed by atoms with E-state index in [0.717, 1.165) is 21.8 Å². The highest BCUT2D eigenvalue weighted by Gasteiger charge is 2.23. The standard InChI is InChI=1S/C25H24N4O5S2/c1-5-34-25(33)19-13(2)15(4)35-23(19)28-17(30)11-29-12-26-22-18(24(29)32)14(3)20(36-22)21(31)27-16-9-7-6-8-10-16/h6-10,12H,5,11H2,1-4H3,(H,27,31)(H,28,30). The molecule has 0 unspecified atom stereocenters. The maximum atomic E-state index is 13.2. The first kappa shape index (κ1) is 25.3. The molecule has 2 N–H and O–H groups in total. The van der Waals surface area contributed by atoms with Gasteiger partial charge in [-0.1, -0.05) is 18.2 Å². The van der Waals surface area contributed by atoms with E-state index in [9.17, 15) is 19.2 Å². The second-order valence-corrected chi connectivity index (χ2v) is 10.2. The number of nitrogens with zero attached hydrogens (tertiary/aromatic N) is 2. The third-order valence-corrected chi connectivity index (χ3v) is 7.91. The zero-order chi connectivity index (χ0) is 26.0. The minimum Gasteiger partial charge on any atom is -0.462 e. The van der Waals surface area contributed by atoms with E-state index in [1.807, 2.05) is 25.1 Å². The van der Waals surface area contributed by atoms with Crippen LogP contribution in [0.5, 0.6) is 0 Å². The molecule has 0 aliphatic carbocycles. The number of carbonyl (C=O) groups is 3. The summed E-state index contributed by atoms with van der Waals surface area (Å²) in [4.78, 5) is 57.2. The first-order valence-corrected chi connectivity index (χ1v) is 12.8. The molecule has 3 heterocycles. The van der Waals surface area contributed by atoms with Gasteiger partial charge in [0.05, 0.1) is 28.8 Å². The summed E-state index contributed by atoms with van der Waals surface area (Å²) in [6, 6.07) is 9.02. The number of hydrogen-bond donors (Lipinski definition) is 2. The van der Waals surface area contributed by atoms with Crippen molar-refractivity contribution in [2.75, 3.05) is 17.2 Å². The van der Waals surface area contributed by atoms with Crippen molar-refractivity contribution < 1.29 is 19.1 Å². The van der Waals surface area contributed by atoms with Crippen molar-refractivity contribution in [2.45, 2.75) is 34.2 Å². The second kappa shape index (κ2) is 10.4. The molecule has 0 radical (unpaired) electrons. The van der Waals surface area contributed by atoms with Crippen LogP contribution in [-0.4, -0.2) is 33.9 Å². The zero-order valence-electron chi connectivity index (χ0n) is 20.1. The number of benzene rings is 1. The number of para-hydroxylation sites is 1. The van der Waals surface area contributed by atoms with E-state index in [4.69, 9.17) is 4.74 Å². The zero-order valence-corrected chi connectivity index (χ0v) is 21.8. The molecule has 186 valence electrons. The van der Waals surface area contributed by atoms with E-state index in [2.05, 4.69) is 15.6 Å². The lowest BCUT2D eigenvalue weighted by Gasteiger charge is -2.08. The lowest BCUT2D eigenvalue weighted by atomic mass is 10.1. The number of fused-ring (bicyclic) bond motifs is 1. The van der Waals surface area contributed by atoms with Crippen molar-refractivity contribution in [3.8, 4) is 0 Å². The molecule has 11 heteroatoms. The Morgan fingerprint density at radius 2 is 1.75 bits per heavy atom. The Bertz CT molecular complexity index is 1540. The maximum Gasteiger partial charge on any atom is 0.341 e. The van der Waals surface area contributed by atoms with Gasteiger partial charge in [0.15, 0.2) is 0 Å². The molecule has 0 aliphatic heterocycles. The lowest BCUT2D eigenvalue weighted by molar-refractivity contribution is -0.116. The summed E-state index contributed by atoms with van der Waals surface area (Å²) in [6.07, 6.45) is 1.29. The molecule has 0 bridgehead atoms. The molecule has 4 rings (SSSR count). The minimum atomic E-state index is -0.509. The van der Waals surface area contributed by atoms with Gasteiger partial charge in [0.2, 0.25) is 5.91 Å². The summed E-state index contributed by atoms with van der Waals surface area (Å²) in [7, 11) is 0. The van der Waals surface area contributed by atoms with Crippen molar-refractivity contribution in [1.29, 1.82) is 0 Å². The molecular weight excluding hydrogens is 500 g/mol.